The molecule has 137 heavy (non-hydrogen) atoms. The Morgan fingerprint density at radius 2 is 0.504 bits per heavy atom. The van der Waals surface area contributed by atoms with Gasteiger partial charge < -0.3 is 35.8 Å². The van der Waals surface area contributed by atoms with Crippen LogP contribution in [0.3, 0.4) is 0 Å². The number of aromatic carboxylic acids is 4. The summed E-state index contributed by atoms with van der Waals surface area (Å²) >= 11 is 0. The molecule has 0 amide bonds. The number of pyridine rings is 11. The van der Waals surface area contributed by atoms with Crippen LogP contribution in [0.15, 0.2) is 431 Å². The van der Waals surface area contributed by atoms with Gasteiger partial charge in [-0.15, -0.1) is 168 Å². The molecule has 684 valence electrons. The minimum atomic E-state index is -1.24. The van der Waals surface area contributed by atoms with Crippen LogP contribution in [0.1, 0.15) is 47.6 Å². The van der Waals surface area contributed by atoms with Crippen molar-refractivity contribution in [1.29, 1.82) is 0 Å². The summed E-state index contributed by atoms with van der Waals surface area (Å²) in [5, 5.41) is 48.0. The molecule has 8 aromatic carbocycles. The maximum absolute atomic E-state index is 10.3. The number of para-hydroxylation sites is 1. The molecule has 0 spiro atoms. The van der Waals surface area contributed by atoms with Crippen LogP contribution in [-0.2, 0) is 80.4 Å². The van der Waals surface area contributed by atoms with Crippen LogP contribution in [0.25, 0.3) is 135 Å². The molecule has 0 unspecified atom stereocenters. The van der Waals surface area contributed by atoms with E-state index in [0.717, 1.165) is 142 Å². The van der Waals surface area contributed by atoms with Crippen LogP contribution >= 0.6 is 0 Å². The van der Waals surface area contributed by atoms with Gasteiger partial charge in [-0.3, -0.25) is 29.9 Å². The van der Waals surface area contributed by atoms with E-state index in [4.69, 9.17) is 20.4 Å². The SMILES string of the molecule is C1=CC[N-]C(c2cccc(-c3ccccn3)n2)=C1.O=C(O)c1cccc(C(=O)O)n1.O=C(O)c1cccc(C(=O)O)n1.Oc1ccccc1-c1cccc(-c2ccccn2)n1.[Ir].[Ir].[Ir].[Ir].[c-]1c(-c2ccccn2)cccc1-c1ccccn1.[c-]1ccccc1-c1[c-]c(-c2[c-]cccc2)ccc1.[c-]1ccccc1-c1cccc(-c2[c-]cccc2)n1.[c-]1ccccc1-c1cccc(-c2ccccn2)n1. The van der Waals surface area contributed by atoms with Gasteiger partial charge in [-0.1, -0.05) is 132 Å². The van der Waals surface area contributed by atoms with Gasteiger partial charge >= 0.3 is 23.9 Å². The van der Waals surface area contributed by atoms with Crippen molar-refractivity contribution >= 4 is 29.6 Å². The first-order valence-corrected chi connectivity index (χ1v) is 41.3. The molecule has 11 aromatic heterocycles. The molecule has 0 bridgehead atoms. The third kappa shape index (κ3) is 32.4. The van der Waals surface area contributed by atoms with Crippen molar-refractivity contribution in [3.8, 4) is 130 Å². The summed E-state index contributed by atoms with van der Waals surface area (Å²) in [4.78, 5) is 88.0. The van der Waals surface area contributed by atoms with Crippen molar-refractivity contribution in [3.63, 3.8) is 0 Å². The molecule has 0 fully saturated rings. The number of carbonyl (C=O) groups is 4. The summed E-state index contributed by atoms with van der Waals surface area (Å²) in [6.07, 6.45) is 14.9. The van der Waals surface area contributed by atoms with Gasteiger partial charge in [0.1, 0.15) is 28.5 Å². The molecule has 4 radical (unpaired) electrons. The van der Waals surface area contributed by atoms with Crippen LogP contribution in [0.5, 0.6) is 5.75 Å². The van der Waals surface area contributed by atoms with Crippen LogP contribution in [0.2, 0.25) is 0 Å². The zero-order chi connectivity index (χ0) is 92.4. The van der Waals surface area contributed by atoms with E-state index in [2.05, 4.69) is 115 Å². The summed E-state index contributed by atoms with van der Waals surface area (Å²) in [6, 6.07) is 142. The number of carboxylic acid groups (broad SMARTS) is 4. The van der Waals surface area contributed by atoms with Gasteiger partial charge in [0.2, 0.25) is 0 Å². The van der Waals surface area contributed by atoms with E-state index in [-0.39, 0.29) is 109 Å². The number of rotatable bonds is 16. The Morgan fingerprint density at radius 1 is 0.241 bits per heavy atom. The molecular formula is C112H78Ir4N12O9-8. The molecule has 19 aromatic rings. The molecule has 0 saturated carbocycles. The van der Waals surface area contributed by atoms with E-state index >= 15 is 0 Å². The number of nitrogens with zero attached hydrogens (tertiary/aromatic N) is 12. The summed E-state index contributed by atoms with van der Waals surface area (Å²) in [5.41, 5.74) is 21.2. The standard InChI is InChI=1S/C18H11.C17H11N.C16H12N2O.2C16H11N2.C15H12N3.2C7H5NO4.4Ir/c1-3-8-15(9-4-1)17-12-7-13-18(14-17)16-10-5-2-6-11-16;1-3-8-14(9-4-1)16-12-7-13-17(18-16)15-10-5-2-6-11-15;19-16-10-2-1-6-12(16)13-8-5-9-15(18-13)14-7-3-4-11-17-14;1-3-10-17-15(8-1)13-6-5-7-14(12-13)16-9-2-4-11-18-16;1-2-7-13(8-3-1)14-10-6-11-16(18-14)15-9-4-5-12-17-15;1-3-10-16-12(6-1)14-8-5-9-15(18-14)13-7-2-4-11-17-13;2*9-6(10)4-2-1-3-5(8-4)7(11)12;;;;/h2*1-8,10,12-13H;1-11,19H;1-11H;1-7,9-12H;1-10H,11H2;2*1-3H,(H,9,10)(H,11,12);;;;/q-3;-2;;3*-1;;;;;;. The quantitative estimate of drug-likeness (QED) is 0.0561. The Kier molecular flexibility index (Phi) is 42.9. The van der Waals surface area contributed by atoms with Gasteiger partial charge in [0.05, 0.1) is 39.9 Å². The minimum Gasteiger partial charge on any atom is -0.679 e. The van der Waals surface area contributed by atoms with Gasteiger partial charge in [0.15, 0.2) is 0 Å². The Hall–Kier alpha value is -16.0. The van der Waals surface area contributed by atoms with Crippen molar-refractivity contribution in [1.82, 2.24) is 54.8 Å². The second-order valence-electron chi connectivity index (χ2n) is 27.9. The smallest absolute Gasteiger partial charge is 0.354 e. The number of hydrogen-bond acceptors (Lipinski definition) is 16. The number of hydrogen-bond donors (Lipinski definition) is 5. The van der Waals surface area contributed by atoms with Crippen molar-refractivity contribution in [2.24, 2.45) is 0 Å². The molecule has 25 heteroatoms. The van der Waals surface area contributed by atoms with Gasteiger partial charge in [-0.05, 0) is 132 Å². The molecule has 20 rings (SSSR count). The van der Waals surface area contributed by atoms with Crippen LogP contribution in [0, 0.1) is 42.5 Å². The van der Waals surface area contributed by atoms with E-state index in [1.54, 1.807) is 43.1 Å². The van der Waals surface area contributed by atoms with E-state index in [9.17, 15) is 24.3 Å². The Morgan fingerprint density at radius 3 is 0.832 bits per heavy atom. The first kappa shape index (κ1) is 105. The van der Waals surface area contributed by atoms with Gasteiger partial charge in [-0.2, -0.15) is 60.7 Å². The van der Waals surface area contributed by atoms with Gasteiger partial charge in [0.25, 0.3) is 0 Å². The predicted molar refractivity (Wildman–Crippen MR) is 514 cm³/mol. The second-order valence-corrected chi connectivity index (χ2v) is 27.9. The second kappa shape index (κ2) is 56.1. The van der Waals surface area contributed by atoms with Gasteiger partial charge in [0, 0.05) is 134 Å². The van der Waals surface area contributed by atoms with Gasteiger partial charge in [-0.25, -0.2) is 67.4 Å². The monoisotopic (exact) mass is 2510 g/mol. The molecule has 1 aliphatic rings. The van der Waals surface area contributed by atoms with Crippen molar-refractivity contribution in [3.05, 3.63) is 508 Å². The van der Waals surface area contributed by atoms with E-state index < -0.39 is 23.9 Å². The Bertz CT molecular complexity index is 6220. The molecule has 12 heterocycles. The number of aromatic nitrogens is 11. The number of aromatic hydroxyl groups is 1. The number of allylic oxidation sites excluding steroid dienone is 2. The zero-order valence-corrected chi connectivity index (χ0v) is 81.8. The zero-order valence-electron chi connectivity index (χ0n) is 72.3. The molecule has 0 atom stereocenters. The number of phenols is 1. The third-order valence-electron chi connectivity index (χ3n) is 18.8. The molecule has 0 aliphatic carbocycles. The average molecular weight is 2500 g/mol. The first-order valence-electron chi connectivity index (χ1n) is 41.3. The van der Waals surface area contributed by atoms with Crippen molar-refractivity contribution < 1.29 is 125 Å². The molecule has 1 aliphatic heterocycles. The van der Waals surface area contributed by atoms with E-state index in [0.29, 0.717) is 0 Å². The molecular weight excluding hydrogens is 2430 g/mol. The number of carboxylic acids is 4. The summed E-state index contributed by atoms with van der Waals surface area (Å²) < 4.78 is 0. The summed E-state index contributed by atoms with van der Waals surface area (Å²) in [6.45, 7) is 0.724. The van der Waals surface area contributed by atoms with Crippen LogP contribution < -0.4 is 0 Å². The Balaban J connectivity index is 0.000000175. The minimum absolute atomic E-state index is 0. The fourth-order valence-corrected chi connectivity index (χ4v) is 12.5. The molecule has 21 nitrogen and oxygen atoms in total. The average Bonchev–Trinajstić information content (AvgIpc) is 0.903. The molecule has 5 N–H and O–H groups in total. The van der Waals surface area contributed by atoms with Crippen molar-refractivity contribution in [2.45, 2.75) is 0 Å². The Labute approximate surface area is 846 Å². The van der Waals surface area contributed by atoms with E-state index in [1.807, 2.05) is 340 Å². The topological polar surface area (TPSA) is 325 Å². The third-order valence-corrected chi connectivity index (χ3v) is 18.8. The number of benzene rings is 8. The maximum atomic E-state index is 10.3. The van der Waals surface area contributed by atoms with Crippen molar-refractivity contribution in [2.75, 3.05) is 6.54 Å². The van der Waals surface area contributed by atoms with E-state index in [1.165, 1.54) is 36.4 Å². The predicted octanol–water partition coefficient (Wildman–Crippen LogP) is 23.5. The fraction of sp³-hybridized carbons (Fsp3) is 0.00893. The number of phenolic OH excluding ortho intramolecular Hbond substituents is 1. The normalized spacial score (nSPS) is 10.3. The first-order chi connectivity index (χ1) is 65.2. The van der Waals surface area contributed by atoms with Crippen LogP contribution in [-0.4, -0.2) is 111 Å². The fourth-order valence-electron chi connectivity index (χ4n) is 12.5. The maximum Gasteiger partial charge on any atom is 0.354 e. The van der Waals surface area contributed by atoms with Crippen LogP contribution in [0.4, 0.5) is 0 Å². The summed E-state index contributed by atoms with van der Waals surface area (Å²) in [7, 11) is 0. The molecule has 0 saturated heterocycles. The largest absolute Gasteiger partial charge is 0.679 e. The summed E-state index contributed by atoms with van der Waals surface area (Å²) in [5.74, 6) is -4.72.